The summed E-state index contributed by atoms with van der Waals surface area (Å²) in [6, 6.07) is 0. The van der Waals surface area contributed by atoms with Crippen LogP contribution in [0.5, 0.6) is 0 Å². The minimum atomic E-state index is -0.322. The molecule has 0 bridgehead atoms. The molecule has 1 heterocycles. The van der Waals surface area contributed by atoms with Crippen molar-refractivity contribution in [3.63, 3.8) is 0 Å². The molecule has 1 amide bonds. The first kappa shape index (κ1) is 18.7. The normalized spacial score (nSPS) is 17.3. The molecule has 0 spiro atoms. The lowest BCUT2D eigenvalue weighted by Crippen LogP contribution is -2.17. The van der Waals surface area contributed by atoms with Crippen LogP contribution in [-0.4, -0.2) is 18.5 Å². The van der Waals surface area contributed by atoms with E-state index in [4.69, 9.17) is 4.74 Å². The van der Waals surface area contributed by atoms with Crippen molar-refractivity contribution in [1.29, 1.82) is 0 Å². The predicted molar refractivity (Wildman–Crippen MR) is 98.8 cm³/mol. The van der Waals surface area contributed by atoms with Gasteiger partial charge in [0.05, 0.1) is 12.2 Å². The maximum absolute atomic E-state index is 12.4. The predicted octanol–water partition coefficient (Wildman–Crippen LogP) is 4.73. The van der Waals surface area contributed by atoms with Crippen molar-refractivity contribution in [2.75, 3.05) is 11.9 Å². The van der Waals surface area contributed by atoms with Crippen molar-refractivity contribution < 1.29 is 14.3 Å². The van der Waals surface area contributed by atoms with Crippen molar-refractivity contribution in [1.82, 2.24) is 0 Å². The van der Waals surface area contributed by atoms with Crippen molar-refractivity contribution in [2.24, 2.45) is 5.92 Å². The first-order valence-corrected chi connectivity index (χ1v) is 9.59. The molecule has 0 radical (unpaired) electrons. The first-order valence-electron chi connectivity index (χ1n) is 8.77. The molecule has 0 saturated heterocycles. The van der Waals surface area contributed by atoms with Gasteiger partial charge in [0, 0.05) is 10.5 Å². The van der Waals surface area contributed by atoms with Crippen LogP contribution in [0.3, 0.4) is 0 Å². The molecular formula is C19H27NO3S. The number of fused-ring (bicyclic) bond motifs is 1. The van der Waals surface area contributed by atoms with Gasteiger partial charge in [-0.25, -0.2) is 4.79 Å². The molecular weight excluding hydrogens is 322 g/mol. The van der Waals surface area contributed by atoms with Crippen LogP contribution in [0.4, 0.5) is 5.00 Å². The highest BCUT2D eigenvalue weighted by atomic mass is 32.1. The maximum atomic E-state index is 12.4. The molecule has 5 heteroatoms. The van der Waals surface area contributed by atoms with E-state index in [1.807, 2.05) is 6.92 Å². The van der Waals surface area contributed by atoms with Crippen LogP contribution in [0.1, 0.15) is 67.8 Å². The van der Waals surface area contributed by atoms with Crippen LogP contribution in [0, 0.1) is 5.92 Å². The number of carbonyl (C=O) groups excluding carboxylic acids is 2. The molecule has 2 rings (SSSR count). The number of hydrogen-bond acceptors (Lipinski definition) is 4. The van der Waals surface area contributed by atoms with Gasteiger partial charge in [-0.15, -0.1) is 11.3 Å². The summed E-state index contributed by atoms with van der Waals surface area (Å²) in [6.07, 6.45) is 7.16. The lowest BCUT2D eigenvalue weighted by Gasteiger charge is -2.21. The van der Waals surface area contributed by atoms with Crippen molar-refractivity contribution in [2.45, 2.75) is 59.8 Å². The molecule has 1 N–H and O–H groups in total. The van der Waals surface area contributed by atoms with E-state index in [2.05, 4.69) is 12.2 Å². The number of amides is 1. The van der Waals surface area contributed by atoms with E-state index >= 15 is 0 Å². The fourth-order valence-corrected chi connectivity index (χ4v) is 4.49. The summed E-state index contributed by atoms with van der Waals surface area (Å²) in [7, 11) is 0. The summed E-state index contributed by atoms with van der Waals surface area (Å²) in [6.45, 7) is 7.94. The Morgan fingerprint density at radius 2 is 2.12 bits per heavy atom. The molecule has 0 fully saturated rings. The van der Waals surface area contributed by atoms with E-state index in [0.717, 1.165) is 24.8 Å². The molecule has 1 aliphatic carbocycles. The van der Waals surface area contributed by atoms with E-state index in [-0.39, 0.29) is 11.9 Å². The fourth-order valence-electron chi connectivity index (χ4n) is 3.15. The molecule has 1 atom stereocenters. The molecule has 0 saturated carbocycles. The number of carbonyl (C=O) groups is 2. The number of thiophene rings is 1. The van der Waals surface area contributed by atoms with Crippen LogP contribution < -0.4 is 5.32 Å². The summed E-state index contributed by atoms with van der Waals surface area (Å²) in [5.74, 6) is 0.196. The third kappa shape index (κ3) is 4.07. The molecule has 0 unspecified atom stereocenters. The van der Waals surface area contributed by atoms with E-state index in [9.17, 15) is 9.59 Å². The summed E-state index contributed by atoms with van der Waals surface area (Å²) >= 11 is 1.54. The van der Waals surface area contributed by atoms with Gasteiger partial charge in [-0.3, -0.25) is 4.79 Å². The number of allylic oxidation sites excluding steroid dienone is 1. The monoisotopic (exact) mass is 349 g/mol. The molecule has 4 nitrogen and oxygen atoms in total. The van der Waals surface area contributed by atoms with Gasteiger partial charge < -0.3 is 10.1 Å². The van der Waals surface area contributed by atoms with Crippen molar-refractivity contribution in [3.8, 4) is 0 Å². The summed E-state index contributed by atoms with van der Waals surface area (Å²) < 4.78 is 5.24. The van der Waals surface area contributed by atoms with Gasteiger partial charge in [0.2, 0.25) is 0 Å². The largest absolute Gasteiger partial charge is 0.462 e. The van der Waals surface area contributed by atoms with Crippen LogP contribution in [-0.2, 0) is 22.4 Å². The lowest BCUT2D eigenvalue weighted by atomic mass is 9.84. The Hall–Kier alpha value is -1.62. The maximum Gasteiger partial charge on any atom is 0.341 e. The summed E-state index contributed by atoms with van der Waals surface area (Å²) in [4.78, 5) is 25.9. The Morgan fingerprint density at radius 3 is 2.75 bits per heavy atom. The number of ether oxygens (including phenoxy) is 1. The van der Waals surface area contributed by atoms with Crippen LogP contribution >= 0.6 is 11.3 Å². The summed E-state index contributed by atoms with van der Waals surface area (Å²) in [5, 5.41) is 3.56. The first-order chi connectivity index (χ1) is 11.5. The number of anilines is 1. The quantitative estimate of drug-likeness (QED) is 0.596. The molecule has 1 aromatic rings. The average molecular weight is 349 g/mol. The fraction of sp³-hybridized carbons (Fsp3) is 0.579. The zero-order valence-electron chi connectivity index (χ0n) is 15.0. The van der Waals surface area contributed by atoms with E-state index in [0.29, 0.717) is 28.7 Å². The second-order valence-electron chi connectivity index (χ2n) is 6.25. The van der Waals surface area contributed by atoms with Gasteiger partial charge in [0.25, 0.3) is 5.91 Å². The molecule has 0 aromatic carbocycles. The second kappa shape index (κ2) is 8.47. The van der Waals surface area contributed by atoms with Crippen LogP contribution in [0.2, 0.25) is 0 Å². The minimum absolute atomic E-state index is 0.160. The van der Waals surface area contributed by atoms with E-state index in [1.165, 1.54) is 17.7 Å². The van der Waals surface area contributed by atoms with Gasteiger partial charge in [-0.2, -0.15) is 0 Å². The number of esters is 1. The average Bonchev–Trinajstić information content (AvgIpc) is 2.91. The second-order valence-corrected chi connectivity index (χ2v) is 7.36. The van der Waals surface area contributed by atoms with E-state index < -0.39 is 0 Å². The number of hydrogen-bond donors (Lipinski definition) is 1. The van der Waals surface area contributed by atoms with Gasteiger partial charge in [-0.1, -0.05) is 25.8 Å². The van der Waals surface area contributed by atoms with Gasteiger partial charge in [-0.05, 0) is 51.5 Å². The smallest absolute Gasteiger partial charge is 0.341 e. The van der Waals surface area contributed by atoms with E-state index in [1.54, 1.807) is 31.3 Å². The highest BCUT2D eigenvalue weighted by molar-refractivity contribution is 7.17. The Balaban J connectivity index is 2.35. The van der Waals surface area contributed by atoms with Gasteiger partial charge >= 0.3 is 5.97 Å². The topological polar surface area (TPSA) is 55.4 Å². The number of nitrogens with one attached hydrogen (secondary N) is 1. The standard InChI is InChI=1S/C19H27NO3S/c1-5-8-13-9-10-14-15(11-13)24-18(16(14)19(22)23-7-3)20-17(21)12(4)6-2/h6,13H,5,7-11H2,1-4H3,(H,20,21)/b12-6+/t13-/m1/s1. The third-order valence-electron chi connectivity index (χ3n) is 4.56. The molecule has 132 valence electrons. The molecule has 1 aliphatic rings. The molecule has 1 aromatic heterocycles. The lowest BCUT2D eigenvalue weighted by molar-refractivity contribution is -0.112. The van der Waals surface area contributed by atoms with Gasteiger partial charge in [0.1, 0.15) is 5.00 Å². The van der Waals surface area contributed by atoms with Gasteiger partial charge in [0.15, 0.2) is 0 Å². The molecule has 0 aliphatic heterocycles. The molecule has 24 heavy (non-hydrogen) atoms. The van der Waals surface area contributed by atoms with Crippen molar-refractivity contribution >= 4 is 28.2 Å². The number of rotatable bonds is 6. The zero-order chi connectivity index (χ0) is 17.7. The summed E-state index contributed by atoms with van der Waals surface area (Å²) in [5.41, 5.74) is 2.29. The van der Waals surface area contributed by atoms with Crippen molar-refractivity contribution in [3.05, 3.63) is 27.7 Å². The highest BCUT2D eigenvalue weighted by Crippen LogP contribution is 2.41. The Kier molecular flexibility index (Phi) is 6.60. The Labute approximate surface area is 148 Å². The Morgan fingerprint density at radius 1 is 1.38 bits per heavy atom. The zero-order valence-corrected chi connectivity index (χ0v) is 15.8. The van der Waals surface area contributed by atoms with Crippen LogP contribution in [0.15, 0.2) is 11.6 Å². The minimum Gasteiger partial charge on any atom is -0.462 e. The highest BCUT2D eigenvalue weighted by Gasteiger charge is 2.30. The SMILES string of the molecule is C/C=C(\C)C(=O)Nc1sc2c(c1C(=O)OCC)CC[C@@H](CCC)C2. The third-order valence-corrected chi connectivity index (χ3v) is 5.73. The Bertz CT molecular complexity index is 645. The van der Waals surface area contributed by atoms with Crippen LogP contribution in [0.25, 0.3) is 0 Å².